The van der Waals surface area contributed by atoms with Gasteiger partial charge in [0.2, 0.25) is 0 Å². The fourth-order valence-electron chi connectivity index (χ4n) is 4.66. The third-order valence-corrected chi connectivity index (χ3v) is 9.41. The van der Waals surface area contributed by atoms with Crippen molar-refractivity contribution in [2.24, 2.45) is 10.7 Å². The lowest BCUT2D eigenvalue weighted by Crippen LogP contribution is -2.62. The molecule has 0 amide bonds. The molecule has 0 bridgehead atoms. The highest BCUT2D eigenvalue weighted by Crippen LogP contribution is 2.47. The first-order valence-electron chi connectivity index (χ1n) is 10.7. The number of hydrogen-bond acceptors (Lipinski definition) is 8. The second-order valence-corrected chi connectivity index (χ2v) is 11.1. The zero-order valence-corrected chi connectivity index (χ0v) is 19.0. The Morgan fingerprint density at radius 1 is 1.14 bits per heavy atom. The van der Waals surface area contributed by atoms with Gasteiger partial charge in [-0.2, -0.15) is 5.26 Å². The van der Waals surface area contributed by atoms with E-state index in [9.17, 15) is 21.6 Å². The summed E-state index contributed by atoms with van der Waals surface area (Å²) >= 11 is 0. The Balaban J connectivity index is 1.59. The number of aromatic nitrogens is 2. The number of hydrogen-bond donors (Lipinski definition) is 2. The predicted octanol–water partition coefficient (Wildman–Crippen LogP) is 3.40. The van der Waals surface area contributed by atoms with Crippen molar-refractivity contribution in [3.63, 3.8) is 0 Å². The summed E-state index contributed by atoms with van der Waals surface area (Å²) in [5.74, 6) is -2.35. The van der Waals surface area contributed by atoms with Gasteiger partial charge in [0.25, 0.3) is 0 Å². The van der Waals surface area contributed by atoms with Crippen LogP contribution in [0.1, 0.15) is 30.4 Å². The Hall–Kier alpha value is -3.72. The van der Waals surface area contributed by atoms with E-state index in [0.29, 0.717) is 19.3 Å². The number of nitrogens with zero attached hydrogens (tertiary/aromatic N) is 4. The number of sulfone groups is 1. The third-order valence-electron chi connectivity index (χ3n) is 6.74. The Kier molecular flexibility index (Phi) is 5.21. The minimum Gasteiger partial charge on any atom is -0.386 e. The third kappa shape index (κ3) is 3.41. The predicted molar refractivity (Wildman–Crippen MR) is 124 cm³/mol. The molecular weight excluding hydrogens is 481 g/mol. The van der Waals surface area contributed by atoms with E-state index in [1.54, 1.807) is 0 Å². The first kappa shape index (κ1) is 23.0. The average Bonchev–Trinajstić information content (AvgIpc) is 2.79. The summed E-state index contributed by atoms with van der Waals surface area (Å²) in [6, 6.07) is 6.82. The molecule has 180 valence electrons. The minimum absolute atomic E-state index is 0.0469. The smallest absolute Gasteiger partial charge is 0.166 e. The SMILES string of the molecule is N#Cc1cnc2c(Nc3ccc(F)c([C@]4(CF)CS(=O)(=O)C5(CCC5)C(N)=N4)c3)ncc(F)c2c1. The molecule has 0 radical (unpaired) electrons. The summed E-state index contributed by atoms with van der Waals surface area (Å²) in [5, 5.41) is 12.0. The molecule has 12 heteroatoms. The van der Waals surface area contributed by atoms with E-state index in [1.165, 1.54) is 24.4 Å². The van der Waals surface area contributed by atoms with E-state index in [0.717, 1.165) is 12.3 Å². The normalized spacial score (nSPS) is 22.3. The van der Waals surface area contributed by atoms with Gasteiger partial charge in [0.1, 0.15) is 40.2 Å². The van der Waals surface area contributed by atoms with Gasteiger partial charge >= 0.3 is 0 Å². The zero-order valence-electron chi connectivity index (χ0n) is 18.2. The molecule has 1 fully saturated rings. The lowest BCUT2D eigenvalue weighted by molar-refractivity contribution is 0.311. The molecule has 5 rings (SSSR count). The number of halogens is 3. The Labute approximate surface area is 198 Å². The van der Waals surface area contributed by atoms with Crippen molar-refractivity contribution in [1.82, 2.24) is 9.97 Å². The molecule has 1 aliphatic heterocycles. The number of rotatable bonds is 4. The van der Waals surface area contributed by atoms with Gasteiger partial charge in [-0.3, -0.25) is 9.98 Å². The number of pyridine rings is 2. The molecule has 1 saturated carbocycles. The second kappa shape index (κ2) is 7.91. The first-order valence-corrected chi connectivity index (χ1v) is 12.4. The summed E-state index contributed by atoms with van der Waals surface area (Å²) in [4.78, 5) is 12.3. The highest BCUT2D eigenvalue weighted by molar-refractivity contribution is 7.93. The number of alkyl halides is 1. The molecule has 35 heavy (non-hydrogen) atoms. The molecule has 3 heterocycles. The van der Waals surface area contributed by atoms with E-state index in [2.05, 4.69) is 20.3 Å². The molecule has 1 aliphatic carbocycles. The van der Waals surface area contributed by atoms with Crippen LogP contribution < -0.4 is 11.1 Å². The fourth-order valence-corrected chi connectivity index (χ4v) is 7.13. The van der Waals surface area contributed by atoms with E-state index in [1.807, 2.05) is 6.07 Å². The van der Waals surface area contributed by atoms with Gasteiger partial charge in [-0.25, -0.2) is 26.6 Å². The van der Waals surface area contributed by atoms with Crippen molar-refractivity contribution in [3.05, 3.63) is 59.4 Å². The summed E-state index contributed by atoms with van der Waals surface area (Å²) in [5.41, 5.74) is 4.21. The number of fused-ring (bicyclic) bond motifs is 1. The van der Waals surface area contributed by atoms with Crippen molar-refractivity contribution in [2.45, 2.75) is 29.5 Å². The highest BCUT2D eigenvalue weighted by atomic mass is 32.2. The van der Waals surface area contributed by atoms with Crippen molar-refractivity contribution in [2.75, 3.05) is 17.7 Å². The number of amidine groups is 1. The highest BCUT2D eigenvalue weighted by Gasteiger charge is 2.59. The van der Waals surface area contributed by atoms with Crippen LogP contribution in [0.25, 0.3) is 10.9 Å². The second-order valence-electron chi connectivity index (χ2n) is 8.78. The maximum Gasteiger partial charge on any atom is 0.166 e. The van der Waals surface area contributed by atoms with E-state index in [4.69, 9.17) is 11.0 Å². The van der Waals surface area contributed by atoms with Crippen LogP contribution in [-0.2, 0) is 15.4 Å². The summed E-state index contributed by atoms with van der Waals surface area (Å²) in [7, 11) is -3.91. The number of benzene rings is 1. The molecule has 0 unspecified atom stereocenters. The molecular formula is C23H19F3N6O2S. The van der Waals surface area contributed by atoms with Gasteiger partial charge in [-0.15, -0.1) is 0 Å². The molecule has 3 aromatic rings. The van der Waals surface area contributed by atoms with Crippen LogP contribution in [0.3, 0.4) is 0 Å². The first-order chi connectivity index (χ1) is 16.6. The number of anilines is 2. The van der Waals surface area contributed by atoms with Crippen LogP contribution >= 0.6 is 0 Å². The van der Waals surface area contributed by atoms with Gasteiger partial charge < -0.3 is 11.1 Å². The fraction of sp³-hybridized carbons (Fsp3) is 0.304. The lowest BCUT2D eigenvalue weighted by Gasteiger charge is -2.46. The lowest BCUT2D eigenvalue weighted by atomic mass is 9.82. The van der Waals surface area contributed by atoms with E-state index >= 15 is 0 Å². The maximum atomic E-state index is 15.0. The molecule has 3 N–H and O–H groups in total. The van der Waals surface area contributed by atoms with Gasteiger partial charge in [0.15, 0.2) is 21.5 Å². The van der Waals surface area contributed by atoms with Gasteiger partial charge in [-0.05, 0) is 43.5 Å². The summed E-state index contributed by atoms with van der Waals surface area (Å²) < 4.78 is 68.6. The Morgan fingerprint density at radius 2 is 1.91 bits per heavy atom. The van der Waals surface area contributed by atoms with Crippen LogP contribution in [0, 0.1) is 23.0 Å². The van der Waals surface area contributed by atoms with Crippen molar-refractivity contribution >= 4 is 38.1 Å². The van der Waals surface area contributed by atoms with E-state index < -0.39 is 44.2 Å². The van der Waals surface area contributed by atoms with E-state index in [-0.39, 0.29) is 39.4 Å². The number of aliphatic imine (C=N–C) groups is 1. The van der Waals surface area contributed by atoms with Crippen LogP contribution in [0.15, 0.2) is 41.7 Å². The maximum absolute atomic E-state index is 15.0. The standard InChI is InChI=1S/C23H19F3N6O2S/c24-11-22(12-35(33,34)23(4-1-5-23)21(28)32-22)16-7-14(2-3-17(16)25)31-20-19-15(18(26)10-30-20)6-13(8-27)9-29-19/h2-3,6-7,9-10H,1,4-5,11-12H2,(H2,28,32)(H,30,31)/t22-/m0/s1. The Morgan fingerprint density at radius 3 is 2.54 bits per heavy atom. The molecule has 1 spiro atoms. The topological polar surface area (TPSA) is 134 Å². The van der Waals surface area contributed by atoms with Crippen molar-refractivity contribution < 1.29 is 21.6 Å². The Bertz CT molecular complexity index is 1550. The zero-order chi connectivity index (χ0) is 25.0. The van der Waals surface area contributed by atoms with Crippen molar-refractivity contribution in [1.29, 1.82) is 5.26 Å². The molecule has 8 nitrogen and oxygen atoms in total. The van der Waals surface area contributed by atoms with Crippen molar-refractivity contribution in [3.8, 4) is 6.07 Å². The van der Waals surface area contributed by atoms with Crippen LogP contribution in [0.2, 0.25) is 0 Å². The van der Waals surface area contributed by atoms with Crippen LogP contribution in [0.5, 0.6) is 0 Å². The van der Waals surface area contributed by atoms with Crippen LogP contribution in [-0.4, -0.2) is 41.4 Å². The summed E-state index contributed by atoms with van der Waals surface area (Å²) in [6.07, 6.45) is 3.47. The molecule has 2 aliphatic rings. The van der Waals surface area contributed by atoms with Gasteiger partial charge in [-0.1, -0.05) is 0 Å². The number of nitrogens with two attached hydrogens (primary N) is 1. The quantitative estimate of drug-likeness (QED) is 0.561. The average molecular weight is 501 g/mol. The molecule has 0 saturated heterocycles. The number of nitrogens with one attached hydrogen (secondary N) is 1. The monoisotopic (exact) mass is 500 g/mol. The summed E-state index contributed by atoms with van der Waals surface area (Å²) in [6.45, 7) is -1.28. The molecule has 1 aromatic carbocycles. The van der Waals surface area contributed by atoms with Gasteiger partial charge in [0, 0.05) is 22.8 Å². The molecule has 2 aromatic heterocycles. The molecule has 1 atom stereocenters. The van der Waals surface area contributed by atoms with Gasteiger partial charge in [0.05, 0.1) is 17.5 Å². The van der Waals surface area contributed by atoms with Crippen LogP contribution in [0.4, 0.5) is 24.7 Å². The minimum atomic E-state index is -3.91. The number of nitriles is 1. The largest absolute Gasteiger partial charge is 0.386 e.